The van der Waals surface area contributed by atoms with Crippen molar-refractivity contribution in [2.75, 3.05) is 0 Å². The van der Waals surface area contributed by atoms with Gasteiger partial charge < -0.3 is 5.21 Å². The van der Waals surface area contributed by atoms with Gasteiger partial charge in [0.1, 0.15) is 0 Å². The first-order valence-electron chi connectivity index (χ1n) is 4.73. The zero-order valence-electron chi connectivity index (χ0n) is 7.85. The lowest BCUT2D eigenvalue weighted by molar-refractivity contribution is 0.144. The topological polar surface area (TPSA) is 32.3 Å². The minimum absolute atomic E-state index is 0.0372. The lowest BCUT2D eigenvalue weighted by atomic mass is 9.97. The van der Waals surface area contributed by atoms with Gasteiger partial charge in [-0.05, 0) is 17.6 Å². The highest BCUT2D eigenvalue weighted by Gasteiger charge is 2.08. The molecule has 0 saturated carbocycles. The molecule has 14 heavy (non-hydrogen) atoms. The van der Waals surface area contributed by atoms with Crippen LogP contribution in [0, 0.1) is 0 Å². The van der Waals surface area contributed by atoms with Gasteiger partial charge in [-0.25, -0.2) is 0 Å². The van der Waals surface area contributed by atoms with Crippen LogP contribution in [0.15, 0.2) is 48.6 Å². The fourth-order valence-electron chi connectivity index (χ4n) is 1.59. The van der Waals surface area contributed by atoms with Gasteiger partial charge in [0, 0.05) is 0 Å². The van der Waals surface area contributed by atoms with Gasteiger partial charge in [0.05, 0.1) is 6.04 Å². The Bertz CT molecular complexity index is 354. The Morgan fingerprint density at radius 1 is 1.21 bits per heavy atom. The molecule has 2 rings (SSSR count). The lowest BCUT2D eigenvalue weighted by Gasteiger charge is -2.14. The number of allylic oxidation sites excluding steroid dienone is 2. The second-order valence-electron chi connectivity index (χ2n) is 3.36. The number of hydroxylamine groups is 1. The van der Waals surface area contributed by atoms with Crippen LogP contribution in [0.1, 0.15) is 12.0 Å². The van der Waals surface area contributed by atoms with Crippen molar-refractivity contribution in [3.8, 4) is 0 Å². The first-order chi connectivity index (χ1) is 6.90. The minimum Gasteiger partial charge on any atom is -0.316 e. The van der Waals surface area contributed by atoms with Crippen LogP contribution in [-0.4, -0.2) is 11.2 Å². The molecule has 1 unspecified atom stereocenters. The van der Waals surface area contributed by atoms with Gasteiger partial charge in [0.2, 0.25) is 0 Å². The second-order valence-corrected chi connectivity index (χ2v) is 3.36. The molecule has 2 N–H and O–H groups in total. The number of rotatable bonds is 2. The van der Waals surface area contributed by atoms with Crippen molar-refractivity contribution in [3.63, 3.8) is 0 Å². The molecule has 0 aromatic heterocycles. The molecule has 72 valence electrons. The molecule has 2 heteroatoms. The van der Waals surface area contributed by atoms with E-state index in [1.54, 1.807) is 0 Å². The SMILES string of the molecule is ONC1C=C(c2ccccc2)C=CC1. The van der Waals surface area contributed by atoms with Crippen molar-refractivity contribution in [3.05, 3.63) is 54.1 Å². The predicted molar refractivity (Wildman–Crippen MR) is 56.9 cm³/mol. The molecule has 2 nitrogen and oxygen atoms in total. The van der Waals surface area contributed by atoms with Crippen LogP contribution in [0.5, 0.6) is 0 Å². The smallest absolute Gasteiger partial charge is 0.0543 e. The molecule has 1 atom stereocenters. The molecule has 0 bridgehead atoms. The predicted octanol–water partition coefficient (Wildman–Crippen LogP) is 2.38. The van der Waals surface area contributed by atoms with Gasteiger partial charge in [-0.3, -0.25) is 0 Å². The summed E-state index contributed by atoms with van der Waals surface area (Å²) in [5.74, 6) is 0. The van der Waals surface area contributed by atoms with E-state index in [0.29, 0.717) is 0 Å². The highest BCUT2D eigenvalue weighted by atomic mass is 16.5. The molecule has 0 heterocycles. The Morgan fingerprint density at radius 3 is 2.71 bits per heavy atom. The quantitative estimate of drug-likeness (QED) is 0.697. The van der Waals surface area contributed by atoms with Gasteiger partial charge >= 0.3 is 0 Å². The first-order valence-corrected chi connectivity index (χ1v) is 4.73. The summed E-state index contributed by atoms with van der Waals surface area (Å²) in [6.07, 6.45) is 7.03. The summed E-state index contributed by atoms with van der Waals surface area (Å²) < 4.78 is 0. The minimum atomic E-state index is 0.0372. The number of benzene rings is 1. The monoisotopic (exact) mass is 187 g/mol. The maximum atomic E-state index is 8.83. The third-order valence-corrected chi connectivity index (χ3v) is 2.34. The van der Waals surface area contributed by atoms with Crippen LogP contribution in [0.25, 0.3) is 5.57 Å². The molecule has 1 aliphatic rings. The molecule has 0 amide bonds. The standard InChI is InChI=1S/C12H13NO/c14-13-12-8-4-7-11(9-12)10-5-2-1-3-6-10/h1-7,9,12-14H,8H2. The van der Waals surface area contributed by atoms with Gasteiger partial charge in [-0.15, -0.1) is 0 Å². The largest absolute Gasteiger partial charge is 0.316 e. The van der Waals surface area contributed by atoms with E-state index >= 15 is 0 Å². The molecule has 1 aliphatic carbocycles. The van der Waals surface area contributed by atoms with Crippen LogP contribution in [0.2, 0.25) is 0 Å². The fourth-order valence-corrected chi connectivity index (χ4v) is 1.59. The highest BCUT2D eigenvalue weighted by molar-refractivity contribution is 5.75. The molecule has 0 radical (unpaired) electrons. The van der Waals surface area contributed by atoms with Gasteiger partial charge in [0.15, 0.2) is 0 Å². The number of nitrogens with one attached hydrogen (secondary N) is 1. The summed E-state index contributed by atoms with van der Waals surface area (Å²) >= 11 is 0. The number of hydrogen-bond donors (Lipinski definition) is 2. The van der Waals surface area contributed by atoms with E-state index in [4.69, 9.17) is 5.21 Å². The van der Waals surface area contributed by atoms with Crippen LogP contribution < -0.4 is 5.48 Å². The Balaban J connectivity index is 2.26. The molecule has 1 aromatic rings. The van der Waals surface area contributed by atoms with E-state index in [1.165, 1.54) is 5.56 Å². The van der Waals surface area contributed by atoms with Gasteiger partial charge in [-0.2, -0.15) is 5.48 Å². The maximum Gasteiger partial charge on any atom is 0.0543 e. The maximum absolute atomic E-state index is 8.83. The molecule has 1 aromatic carbocycles. The highest BCUT2D eigenvalue weighted by Crippen LogP contribution is 2.20. The lowest BCUT2D eigenvalue weighted by Crippen LogP contribution is -2.24. The Labute approximate surface area is 83.5 Å². The summed E-state index contributed by atoms with van der Waals surface area (Å²) in [7, 11) is 0. The summed E-state index contributed by atoms with van der Waals surface area (Å²) in [5.41, 5.74) is 4.62. The normalized spacial score (nSPS) is 20.6. The third-order valence-electron chi connectivity index (χ3n) is 2.34. The van der Waals surface area contributed by atoms with E-state index in [1.807, 2.05) is 24.3 Å². The van der Waals surface area contributed by atoms with Crippen molar-refractivity contribution in [2.24, 2.45) is 0 Å². The van der Waals surface area contributed by atoms with Gasteiger partial charge in [0.25, 0.3) is 0 Å². The van der Waals surface area contributed by atoms with Crippen molar-refractivity contribution in [1.29, 1.82) is 0 Å². The second kappa shape index (κ2) is 4.22. The summed E-state index contributed by atoms with van der Waals surface area (Å²) in [6.45, 7) is 0. The molecular weight excluding hydrogens is 174 g/mol. The Hall–Kier alpha value is -1.38. The zero-order valence-corrected chi connectivity index (χ0v) is 7.85. The Kier molecular flexibility index (Phi) is 2.77. The average Bonchev–Trinajstić information content (AvgIpc) is 2.30. The Morgan fingerprint density at radius 2 is 2.00 bits per heavy atom. The summed E-state index contributed by atoms with van der Waals surface area (Å²) in [6, 6.07) is 10.2. The first kappa shape index (κ1) is 9.19. The van der Waals surface area contributed by atoms with E-state index in [2.05, 4.69) is 29.8 Å². The van der Waals surface area contributed by atoms with E-state index in [9.17, 15) is 0 Å². The van der Waals surface area contributed by atoms with Crippen LogP contribution in [0.4, 0.5) is 0 Å². The van der Waals surface area contributed by atoms with Crippen molar-refractivity contribution < 1.29 is 5.21 Å². The zero-order chi connectivity index (χ0) is 9.80. The summed E-state index contributed by atoms with van der Waals surface area (Å²) in [4.78, 5) is 0. The van der Waals surface area contributed by atoms with Crippen LogP contribution >= 0.6 is 0 Å². The fraction of sp³-hybridized carbons (Fsp3) is 0.167. The molecule has 0 saturated heterocycles. The van der Waals surface area contributed by atoms with Crippen molar-refractivity contribution >= 4 is 5.57 Å². The molecule has 0 fully saturated rings. The van der Waals surface area contributed by atoms with E-state index in [0.717, 1.165) is 12.0 Å². The van der Waals surface area contributed by atoms with E-state index in [-0.39, 0.29) is 6.04 Å². The van der Waals surface area contributed by atoms with Crippen LogP contribution in [0.3, 0.4) is 0 Å². The van der Waals surface area contributed by atoms with Crippen molar-refractivity contribution in [2.45, 2.75) is 12.5 Å². The van der Waals surface area contributed by atoms with Crippen molar-refractivity contribution in [1.82, 2.24) is 5.48 Å². The molecule has 0 spiro atoms. The molecular formula is C12H13NO. The van der Waals surface area contributed by atoms with Crippen LogP contribution in [-0.2, 0) is 0 Å². The summed E-state index contributed by atoms with van der Waals surface area (Å²) in [5, 5.41) is 8.83. The number of hydrogen-bond acceptors (Lipinski definition) is 2. The average molecular weight is 187 g/mol. The third kappa shape index (κ3) is 1.92. The van der Waals surface area contributed by atoms with E-state index < -0.39 is 0 Å². The molecule has 0 aliphatic heterocycles. The van der Waals surface area contributed by atoms with Gasteiger partial charge in [-0.1, -0.05) is 48.6 Å².